The fourth-order valence-electron chi connectivity index (χ4n) is 2.02. The Bertz CT molecular complexity index is 753. The second-order valence-electron chi connectivity index (χ2n) is 6.28. The highest BCUT2D eigenvalue weighted by molar-refractivity contribution is 7.90. The Balaban J connectivity index is 2.82. The molecule has 2 rings (SSSR count). The molecule has 1 aromatic carbocycles. The summed E-state index contributed by atoms with van der Waals surface area (Å²) in [6, 6.07) is 5.64. The highest BCUT2D eigenvalue weighted by Crippen LogP contribution is 2.28. The van der Waals surface area contributed by atoms with Crippen molar-refractivity contribution in [3.8, 4) is 0 Å². The van der Waals surface area contributed by atoms with Gasteiger partial charge in [-0.1, -0.05) is 26.8 Å². The summed E-state index contributed by atoms with van der Waals surface area (Å²) >= 11 is 0. The Morgan fingerprint density at radius 2 is 1.85 bits per heavy atom. The Morgan fingerprint density at radius 3 is 2.35 bits per heavy atom. The predicted octanol–water partition coefficient (Wildman–Crippen LogP) is 2.50. The zero-order valence-corrected chi connectivity index (χ0v) is 13.3. The highest BCUT2D eigenvalue weighted by Gasteiger charge is 2.25. The van der Waals surface area contributed by atoms with Gasteiger partial charge in [0, 0.05) is 0 Å². The number of benzene rings is 1. The lowest BCUT2D eigenvalue weighted by molar-refractivity contribution is 0.579. The molecular weight excluding hydrogens is 274 g/mol. The molecule has 6 heteroatoms. The van der Waals surface area contributed by atoms with Crippen molar-refractivity contribution < 1.29 is 8.42 Å². The van der Waals surface area contributed by atoms with Gasteiger partial charge in [0.1, 0.15) is 0 Å². The number of hydrogen-bond donors (Lipinski definition) is 1. The molecule has 2 N–H and O–H groups in total. The van der Waals surface area contributed by atoms with E-state index < -0.39 is 15.3 Å². The van der Waals surface area contributed by atoms with Gasteiger partial charge in [0.25, 0.3) is 0 Å². The minimum atomic E-state index is -3.52. The minimum Gasteiger partial charge on any atom is -0.368 e. The van der Waals surface area contributed by atoms with Crippen molar-refractivity contribution in [2.24, 2.45) is 0 Å². The van der Waals surface area contributed by atoms with Gasteiger partial charge in [0.2, 0.25) is 16.0 Å². The van der Waals surface area contributed by atoms with Gasteiger partial charge >= 0.3 is 0 Å². The van der Waals surface area contributed by atoms with E-state index in [1.165, 1.54) is 0 Å². The first-order valence-electron chi connectivity index (χ1n) is 6.58. The number of imidazole rings is 1. The summed E-state index contributed by atoms with van der Waals surface area (Å²) < 4.78 is 26.0. The summed E-state index contributed by atoms with van der Waals surface area (Å²) in [5.74, 6) is 0.0137. The van der Waals surface area contributed by atoms with Crippen LogP contribution in [0.15, 0.2) is 18.2 Å². The van der Waals surface area contributed by atoms with E-state index in [1.807, 2.05) is 18.2 Å². The maximum atomic E-state index is 12.4. The average Bonchev–Trinajstić information content (AvgIpc) is 2.62. The van der Waals surface area contributed by atoms with E-state index in [-0.39, 0.29) is 11.4 Å². The lowest BCUT2D eigenvalue weighted by Crippen LogP contribution is -2.24. The highest BCUT2D eigenvalue weighted by atomic mass is 32.2. The van der Waals surface area contributed by atoms with Gasteiger partial charge in [-0.25, -0.2) is 17.4 Å². The van der Waals surface area contributed by atoms with E-state index in [4.69, 9.17) is 5.73 Å². The molecule has 0 fully saturated rings. The third kappa shape index (κ3) is 2.28. The van der Waals surface area contributed by atoms with Crippen molar-refractivity contribution in [2.75, 3.05) is 5.73 Å². The molecule has 0 aliphatic rings. The number of nitrogen functional groups attached to an aromatic ring is 1. The van der Waals surface area contributed by atoms with E-state index in [2.05, 4.69) is 25.8 Å². The molecular formula is C14H21N3O2S. The Hall–Kier alpha value is -1.56. The number of nitrogens with zero attached hydrogens (tertiary/aromatic N) is 2. The van der Waals surface area contributed by atoms with Crippen LogP contribution in [0.1, 0.15) is 40.2 Å². The Morgan fingerprint density at radius 1 is 1.25 bits per heavy atom. The van der Waals surface area contributed by atoms with Crippen LogP contribution in [0.5, 0.6) is 0 Å². The van der Waals surface area contributed by atoms with Crippen molar-refractivity contribution in [1.29, 1.82) is 0 Å². The first-order chi connectivity index (χ1) is 9.05. The fraction of sp³-hybridized carbons (Fsp3) is 0.500. The molecule has 20 heavy (non-hydrogen) atoms. The molecule has 0 aliphatic heterocycles. The lowest BCUT2D eigenvalue weighted by atomic mass is 9.87. The molecule has 0 bridgehead atoms. The molecule has 0 atom stereocenters. The van der Waals surface area contributed by atoms with Gasteiger partial charge in [-0.15, -0.1) is 0 Å². The normalized spacial score (nSPS) is 13.3. The first kappa shape index (κ1) is 14.8. The summed E-state index contributed by atoms with van der Waals surface area (Å²) in [4.78, 5) is 4.15. The molecule has 0 amide bonds. The molecule has 0 radical (unpaired) electrons. The fourth-order valence-corrected chi connectivity index (χ4v) is 3.16. The molecule has 1 aromatic heterocycles. The number of fused-ring (bicyclic) bond motifs is 1. The van der Waals surface area contributed by atoms with Crippen LogP contribution in [0.3, 0.4) is 0 Å². The summed E-state index contributed by atoms with van der Waals surface area (Å²) in [6.45, 7) is 9.50. The van der Waals surface area contributed by atoms with Crippen LogP contribution in [-0.4, -0.2) is 22.6 Å². The van der Waals surface area contributed by atoms with Gasteiger partial charge in [-0.2, -0.15) is 0 Å². The molecule has 0 saturated heterocycles. The summed E-state index contributed by atoms with van der Waals surface area (Å²) in [5, 5.41) is -0.555. The largest absolute Gasteiger partial charge is 0.368 e. The number of hydrogen-bond acceptors (Lipinski definition) is 4. The van der Waals surface area contributed by atoms with E-state index in [0.29, 0.717) is 11.0 Å². The third-order valence-electron chi connectivity index (χ3n) is 3.35. The topological polar surface area (TPSA) is 78.0 Å². The first-order valence-corrected chi connectivity index (χ1v) is 8.08. The Kier molecular flexibility index (Phi) is 3.32. The third-order valence-corrected chi connectivity index (χ3v) is 5.44. The van der Waals surface area contributed by atoms with E-state index in [0.717, 1.165) is 9.54 Å². The van der Waals surface area contributed by atoms with Gasteiger partial charge in [-0.05, 0) is 37.0 Å². The standard InChI is InChI=1S/C14H21N3O2S/c1-9(2)20(18,19)17-12-8-10(14(3,4)5)6-7-11(12)16-13(17)15/h6-9H,1-5H3,(H2,15,16). The van der Waals surface area contributed by atoms with Crippen molar-refractivity contribution >= 4 is 27.0 Å². The SMILES string of the molecule is CC(C)S(=O)(=O)n1c(N)nc2ccc(C(C)(C)C)cc21. The molecule has 0 spiro atoms. The molecule has 5 nitrogen and oxygen atoms in total. The number of nitrogens with two attached hydrogens (primary N) is 1. The number of rotatable bonds is 2. The second-order valence-corrected chi connectivity index (χ2v) is 8.62. The zero-order valence-electron chi connectivity index (χ0n) is 12.5. The van der Waals surface area contributed by atoms with Crippen LogP contribution in [0, 0.1) is 0 Å². The van der Waals surface area contributed by atoms with Crippen LogP contribution >= 0.6 is 0 Å². The van der Waals surface area contributed by atoms with Gasteiger partial charge in [0.05, 0.1) is 16.3 Å². The van der Waals surface area contributed by atoms with Crippen molar-refractivity contribution in [2.45, 2.75) is 45.3 Å². The van der Waals surface area contributed by atoms with Crippen LogP contribution < -0.4 is 5.73 Å². The smallest absolute Gasteiger partial charge is 0.244 e. The van der Waals surface area contributed by atoms with Crippen LogP contribution in [0.4, 0.5) is 5.95 Å². The second kappa shape index (κ2) is 4.48. The predicted molar refractivity (Wildman–Crippen MR) is 82.3 cm³/mol. The van der Waals surface area contributed by atoms with Crippen molar-refractivity contribution in [3.63, 3.8) is 0 Å². The van der Waals surface area contributed by atoms with Gasteiger partial charge < -0.3 is 5.73 Å². The number of aromatic nitrogens is 2. The van der Waals surface area contributed by atoms with E-state index >= 15 is 0 Å². The maximum Gasteiger partial charge on any atom is 0.244 e. The molecule has 0 unspecified atom stereocenters. The maximum absolute atomic E-state index is 12.4. The summed E-state index contributed by atoms with van der Waals surface area (Å²) in [6.07, 6.45) is 0. The van der Waals surface area contributed by atoms with Crippen LogP contribution in [-0.2, 0) is 15.4 Å². The summed E-state index contributed by atoms with van der Waals surface area (Å²) in [7, 11) is -3.52. The molecule has 0 saturated carbocycles. The molecule has 1 heterocycles. The molecule has 2 aromatic rings. The monoisotopic (exact) mass is 295 g/mol. The quantitative estimate of drug-likeness (QED) is 0.923. The van der Waals surface area contributed by atoms with Crippen molar-refractivity contribution in [1.82, 2.24) is 8.96 Å². The van der Waals surface area contributed by atoms with E-state index in [9.17, 15) is 8.42 Å². The number of anilines is 1. The van der Waals surface area contributed by atoms with Crippen LogP contribution in [0.2, 0.25) is 0 Å². The van der Waals surface area contributed by atoms with E-state index in [1.54, 1.807) is 13.8 Å². The van der Waals surface area contributed by atoms with Gasteiger partial charge in [-0.3, -0.25) is 0 Å². The molecule has 0 aliphatic carbocycles. The van der Waals surface area contributed by atoms with Crippen LogP contribution in [0.25, 0.3) is 11.0 Å². The Labute approximate surface area is 119 Å². The van der Waals surface area contributed by atoms with Gasteiger partial charge in [0.15, 0.2) is 0 Å². The zero-order chi connectivity index (χ0) is 15.3. The van der Waals surface area contributed by atoms with Crippen molar-refractivity contribution in [3.05, 3.63) is 23.8 Å². The average molecular weight is 295 g/mol. The lowest BCUT2D eigenvalue weighted by Gasteiger charge is -2.19. The molecule has 110 valence electrons. The summed E-state index contributed by atoms with van der Waals surface area (Å²) in [5.41, 5.74) is 7.93. The minimum absolute atomic E-state index is 0.0137.